The summed E-state index contributed by atoms with van der Waals surface area (Å²) in [5.74, 6) is 0.611. The van der Waals surface area contributed by atoms with Gasteiger partial charge in [-0.25, -0.2) is 0 Å². The van der Waals surface area contributed by atoms with Gasteiger partial charge in [-0.1, -0.05) is 20.3 Å². The lowest BCUT2D eigenvalue weighted by molar-refractivity contribution is -0.150. The third kappa shape index (κ3) is 2.08. The summed E-state index contributed by atoms with van der Waals surface area (Å²) in [7, 11) is 1.83. The number of rotatable bonds is 4. The molecular formula is C11H21NO2. The summed E-state index contributed by atoms with van der Waals surface area (Å²) in [6.07, 6.45) is 2.78. The van der Waals surface area contributed by atoms with Gasteiger partial charge in [0.1, 0.15) is 0 Å². The molecule has 1 aliphatic carbocycles. The molecule has 0 aromatic heterocycles. The van der Waals surface area contributed by atoms with Crippen LogP contribution in [0.2, 0.25) is 0 Å². The average molecular weight is 199 g/mol. The Morgan fingerprint density at radius 2 is 2.07 bits per heavy atom. The van der Waals surface area contributed by atoms with Gasteiger partial charge in [-0.2, -0.15) is 0 Å². The molecule has 82 valence electrons. The summed E-state index contributed by atoms with van der Waals surface area (Å²) in [5.41, 5.74) is -0.427. The van der Waals surface area contributed by atoms with Crippen molar-refractivity contribution in [1.82, 2.24) is 4.90 Å². The number of hydrogen-bond acceptors (Lipinski definition) is 2. The van der Waals surface area contributed by atoms with Crippen molar-refractivity contribution >= 4 is 5.91 Å². The summed E-state index contributed by atoms with van der Waals surface area (Å²) >= 11 is 0. The molecule has 1 rings (SSSR count). The van der Waals surface area contributed by atoms with Gasteiger partial charge in [0.2, 0.25) is 5.91 Å². The Hall–Kier alpha value is -0.570. The highest BCUT2D eigenvalue weighted by molar-refractivity contribution is 5.83. The molecule has 1 amide bonds. The number of aliphatic hydroxyl groups is 1. The van der Waals surface area contributed by atoms with Crippen molar-refractivity contribution in [2.75, 3.05) is 20.2 Å². The summed E-state index contributed by atoms with van der Waals surface area (Å²) in [6, 6.07) is 0. The van der Waals surface area contributed by atoms with Gasteiger partial charge in [0.05, 0.1) is 12.0 Å². The molecule has 0 unspecified atom stereocenters. The standard InChI is InChI=1S/C11H21NO2/c1-9(2)7-12(3)10(14)11(8-13)5-4-6-11/h9,13H,4-8H2,1-3H3. The van der Waals surface area contributed by atoms with Crippen LogP contribution < -0.4 is 0 Å². The van der Waals surface area contributed by atoms with E-state index in [9.17, 15) is 9.90 Å². The molecule has 0 saturated heterocycles. The molecule has 0 aromatic carbocycles. The van der Waals surface area contributed by atoms with Crippen LogP contribution in [0.15, 0.2) is 0 Å². The topological polar surface area (TPSA) is 40.5 Å². The van der Waals surface area contributed by atoms with E-state index in [1.165, 1.54) is 0 Å². The van der Waals surface area contributed by atoms with Gasteiger partial charge < -0.3 is 10.0 Å². The van der Waals surface area contributed by atoms with Gasteiger partial charge in [0, 0.05) is 13.6 Å². The van der Waals surface area contributed by atoms with E-state index in [-0.39, 0.29) is 12.5 Å². The lowest BCUT2D eigenvalue weighted by Gasteiger charge is -2.41. The monoisotopic (exact) mass is 199 g/mol. The number of hydrogen-bond donors (Lipinski definition) is 1. The van der Waals surface area contributed by atoms with Crippen molar-refractivity contribution in [2.45, 2.75) is 33.1 Å². The molecule has 0 heterocycles. The average Bonchev–Trinajstić information content (AvgIpc) is 2.01. The van der Waals surface area contributed by atoms with Gasteiger partial charge in [-0.05, 0) is 18.8 Å². The van der Waals surface area contributed by atoms with Gasteiger partial charge in [-0.15, -0.1) is 0 Å². The predicted molar refractivity (Wildman–Crippen MR) is 55.8 cm³/mol. The highest BCUT2D eigenvalue weighted by atomic mass is 16.3. The Kier molecular flexibility index (Phi) is 3.53. The zero-order valence-electron chi connectivity index (χ0n) is 9.42. The molecule has 0 bridgehead atoms. The number of carbonyl (C=O) groups is 1. The molecule has 0 atom stereocenters. The van der Waals surface area contributed by atoms with Gasteiger partial charge >= 0.3 is 0 Å². The van der Waals surface area contributed by atoms with Crippen molar-refractivity contribution < 1.29 is 9.90 Å². The third-order valence-electron chi connectivity index (χ3n) is 3.05. The first-order chi connectivity index (χ1) is 6.52. The van der Waals surface area contributed by atoms with Crippen LogP contribution in [0.5, 0.6) is 0 Å². The second-order valence-electron chi connectivity index (χ2n) is 4.87. The van der Waals surface area contributed by atoms with Crippen molar-refractivity contribution in [1.29, 1.82) is 0 Å². The van der Waals surface area contributed by atoms with Gasteiger partial charge in [-0.3, -0.25) is 4.79 Å². The van der Waals surface area contributed by atoms with Crippen molar-refractivity contribution in [3.63, 3.8) is 0 Å². The van der Waals surface area contributed by atoms with E-state index in [2.05, 4.69) is 13.8 Å². The lowest BCUT2D eigenvalue weighted by atomic mass is 9.68. The molecule has 1 aliphatic rings. The number of nitrogens with zero attached hydrogens (tertiary/aromatic N) is 1. The van der Waals surface area contributed by atoms with Crippen molar-refractivity contribution in [2.24, 2.45) is 11.3 Å². The van der Waals surface area contributed by atoms with Crippen LogP contribution in [-0.2, 0) is 4.79 Å². The second kappa shape index (κ2) is 4.30. The normalized spacial score (nSPS) is 19.2. The van der Waals surface area contributed by atoms with E-state index in [4.69, 9.17) is 0 Å². The quantitative estimate of drug-likeness (QED) is 0.740. The number of amides is 1. The Bertz CT molecular complexity index is 204. The first kappa shape index (κ1) is 11.5. The smallest absolute Gasteiger partial charge is 0.230 e. The molecule has 0 aliphatic heterocycles. The maximum Gasteiger partial charge on any atom is 0.230 e. The zero-order chi connectivity index (χ0) is 10.8. The van der Waals surface area contributed by atoms with Crippen LogP contribution >= 0.6 is 0 Å². The molecule has 0 radical (unpaired) electrons. The second-order valence-corrected chi connectivity index (χ2v) is 4.87. The molecule has 1 N–H and O–H groups in total. The Labute approximate surface area is 86.1 Å². The van der Waals surface area contributed by atoms with Crippen LogP contribution in [0.25, 0.3) is 0 Å². The maximum atomic E-state index is 12.0. The lowest BCUT2D eigenvalue weighted by Crippen LogP contribution is -2.49. The Balaban J connectivity index is 2.54. The number of aliphatic hydroxyl groups excluding tert-OH is 1. The summed E-state index contributed by atoms with van der Waals surface area (Å²) in [4.78, 5) is 13.7. The molecule has 3 heteroatoms. The fourth-order valence-corrected chi connectivity index (χ4v) is 2.08. The van der Waals surface area contributed by atoms with E-state index >= 15 is 0 Å². The number of carbonyl (C=O) groups excluding carboxylic acids is 1. The highest BCUT2D eigenvalue weighted by Gasteiger charge is 2.44. The minimum absolute atomic E-state index is 0.00820. The fourth-order valence-electron chi connectivity index (χ4n) is 2.08. The van der Waals surface area contributed by atoms with E-state index in [1.54, 1.807) is 4.90 Å². The van der Waals surface area contributed by atoms with Crippen LogP contribution in [0.3, 0.4) is 0 Å². The largest absolute Gasteiger partial charge is 0.395 e. The third-order valence-corrected chi connectivity index (χ3v) is 3.05. The molecule has 1 saturated carbocycles. The fraction of sp³-hybridized carbons (Fsp3) is 0.909. The summed E-state index contributed by atoms with van der Waals surface area (Å²) in [6.45, 7) is 4.97. The van der Waals surface area contributed by atoms with Crippen LogP contribution in [0.4, 0.5) is 0 Å². The molecule has 1 fully saturated rings. The van der Waals surface area contributed by atoms with Crippen molar-refractivity contribution in [3.05, 3.63) is 0 Å². The van der Waals surface area contributed by atoms with Crippen molar-refractivity contribution in [3.8, 4) is 0 Å². The van der Waals surface area contributed by atoms with E-state index in [0.717, 1.165) is 25.8 Å². The minimum Gasteiger partial charge on any atom is -0.395 e. The maximum absolute atomic E-state index is 12.0. The first-order valence-electron chi connectivity index (χ1n) is 5.38. The van der Waals surface area contributed by atoms with E-state index < -0.39 is 5.41 Å². The summed E-state index contributed by atoms with van der Waals surface area (Å²) < 4.78 is 0. The van der Waals surface area contributed by atoms with Crippen LogP contribution in [-0.4, -0.2) is 36.1 Å². The molecule has 3 nitrogen and oxygen atoms in total. The molecule has 0 spiro atoms. The van der Waals surface area contributed by atoms with E-state index in [1.807, 2.05) is 7.05 Å². The molecule has 14 heavy (non-hydrogen) atoms. The highest BCUT2D eigenvalue weighted by Crippen LogP contribution is 2.41. The minimum atomic E-state index is -0.427. The van der Waals surface area contributed by atoms with E-state index in [0.29, 0.717) is 5.92 Å². The molecular weight excluding hydrogens is 178 g/mol. The van der Waals surface area contributed by atoms with Gasteiger partial charge in [0.25, 0.3) is 0 Å². The van der Waals surface area contributed by atoms with Crippen LogP contribution in [0, 0.1) is 11.3 Å². The molecule has 0 aromatic rings. The van der Waals surface area contributed by atoms with Gasteiger partial charge in [0.15, 0.2) is 0 Å². The Morgan fingerprint density at radius 3 is 2.36 bits per heavy atom. The van der Waals surface area contributed by atoms with Crippen LogP contribution in [0.1, 0.15) is 33.1 Å². The SMILES string of the molecule is CC(C)CN(C)C(=O)C1(CO)CCC1. The summed E-state index contributed by atoms with van der Waals surface area (Å²) in [5, 5.41) is 9.24. The Morgan fingerprint density at radius 1 is 1.50 bits per heavy atom. The first-order valence-corrected chi connectivity index (χ1v) is 5.38. The predicted octanol–water partition coefficient (Wildman–Crippen LogP) is 1.26. The zero-order valence-corrected chi connectivity index (χ0v) is 9.42.